The first-order valence-electron chi connectivity index (χ1n) is 7.42. The van der Waals surface area contributed by atoms with Crippen LogP contribution in [0.4, 0.5) is 10.1 Å². The number of halogens is 1. The fourth-order valence-electron chi connectivity index (χ4n) is 3.00. The molecule has 0 heterocycles. The zero-order valence-corrected chi connectivity index (χ0v) is 12.6. The van der Waals surface area contributed by atoms with Gasteiger partial charge in [-0.3, -0.25) is 4.79 Å². The first kappa shape index (κ1) is 15.0. The van der Waals surface area contributed by atoms with Crippen molar-refractivity contribution in [2.24, 2.45) is 17.3 Å². The molecule has 0 atom stereocenters. The number of benzene rings is 1. The van der Waals surface area contributed by atoms with Crippen molar-refractivity contribution in [3.63, 3.8) is 0 Å². The molecule has 1 aromatic rings. The zero-order chi connectivity index (χ0) is 14.8. The molecule has 0 aromatic heterocycles. The molecule has 0 bridgehead atoms. The van der Waals surface area contributed by atoms with Gasteiger partial charge in [0.1, 0.15) is 5.82 Å². The predicted molar refractivity (Wildman–Crippen MR) is 79.9 cm³/mol. The van der Waals surface area contributed by atoms with Gasteiger partial charge < -0.3 is 5.32 Å². The summed E-state index contributed by atoms with van der Waals surface area (Å²) in [6, 6.07) is 5.94. The number of anilines is 1. The topological polar surface area (TPSA) is 29.1 Å². The van der Waals surface area contributed by atoms with Crippen LogP contribution in [-0.4, -0.2) is 5.91 Å². The summed E-state index contributed by atoms with van der Waals surface area (Å²) in [7, 11) is 0. The van der Waals surface area contributed by atoms with Gasteiger partial charge >= 0.3 is 0 Å². The molecule has 2 rings (SSSR count). The molecule has 1 aliphatic rings. The largest absolute Gasteiger partial charge is 0.326 e. The number of amides is 1. The van der Waals surface area contributed by atoms with E-state index in [2.05, 4.69) is 26.1 Å². The van der Waals surface area contributed by atoms with Gasteiger partial charge in [0.25, 0.3) is 0 Å². The van der Waals surface area contributed by atoms with Gasteiger partial charge in [-0.05, 0) is 61.3 Å². The van der Waals surface area contributed by atoms with Gasteiger partial charge in [0, 0.05) is 11.6 Å². The van der Waals surface area contributed by atoms with E-state index in [0.29, 0.717) is 17.0 Å². The van der Waals surface area contributed by atoms with E-state index in [1.54, 1.807) is 12.1 Å². The smallest absolute Gasteiger partial charge is 0.227 e. The Hall–Kier alpha value is -1.38. The van der Waals surface area contributed by atoms with Crippen LogP contribution in [0.3, 0.4) is 0 Å². The molecule has 3 heteroatoms. The van der Waals surface area contributed by atoms with Crippen LogP contribution in [0.1, 0.15) is 46.5 Å². The zero-order valence-electron chi connectivity index (χ0n) is 12.6. The molecular weight excluding hydrogens is 253 g/mol. The molecule has 20 heavy (non-hydrogen) atoms. The molecule has 1 saturated carbocycles. The third-order valence-electron chi connectivity index (χ3n) is 4.43. The molecule has 1 amide bonds. The summed E-state index contributed by atoms with van der Waals surface area (Å²) in [6.45, 7) is 6.82. The van der Waals surface area contributed by atoms with Crippen LogP contribution in [0.25, 0.3) is 0 Å². The average molecular weight is 277 g/mol. The number of hydrogen-bond donors (Lipinski definition) is 1. The van der Waals surface area contributed by atoms with Crippen molar-refractivity contribution in [2.45, 2.75) is 46.5 Å². The summed E-state index contributed by atoms with van der Waals surface area (Å²) in [5, 5.41) is 2.89. The summed E-state index contributed by atoms with van der Waals surface area (Å²) in [5.74, 6) is 0.591. The monoisotopic (exact) mass is 277 g/mol. The Labute approximate surface area is 120 Å². The van der Waals surface area contributed by atoms with Crippen LogP contribution in [0.15, 0.2) is 24.3 Å². The molecule has 2 nitrogen and oxygen atoms in total. The second kappa shape index (κ2) is 5.94. The van der Waals surface area contributed by atoms with E-state index in [-0.39, 0.29) is 17.6 Å². The van der Waals surface area contributed by atoms with Crippen LogP contribution in [0, 0.1) is 23.1 Å². The molecular formula is C17H24FNO. The van der Waals surface area contributed by atoms with Crippen molar-refractivity contribution in [1.82, 2.24) is 0 Å². The van der Waals surface area contributed by atoms with Gasteiger partial charge in [0.2, 0.25) is 5.91 Å². The second-order valence-corrected chi connectivity index (χ2v) is 6.91. The van der Waals surface area contributed by atoms with Gasteiger partial charge in [0.15, 0.2) is 0 Å². The Morgan fingerprint density at radius 1 is 1.10 bits per heavy atom. The lowest BCUT2D eigenvalue weighted by Gasteiger charge is -2.36. The van der Waals surface area contributed by atoms with E-state index in [1.165, 1.54) is 12.1 Å². The van der Waals surface area contributed by atoms with Gasteiger partial charge in [-0.25, -0.2) is 4.39 Å². The summed E-state index contributed by atoms with van der Waals surface area (Å²) in [6.07, 6.45) is 4.14. The van der Waals surface area contributed by atoms with E-state index in [1.807, 2.05) is 0 Å². The third-order valence-corrected chi connectivity index (χ3v) is 4.43. The van der Waals surface area contributed by atoms with E-state index >= 15 is 0 Å². The molecule has 1 aromatic carbocycles. The molecule has 0 spiro atoms. The Bertz CT molecular complexity index is 453. The van der Waals surface area contributed by atoms with Crippen molar-refractivity contribution in [3.05, 3.63) is 30.1 Å². The summed E-state index contributed by atoms with van der Waals surface area (Å²) < 4.78 is 12.8. The standard InChI is InChI=1S/C17H24FNO/c1-17(2,3)13-6-4-12(5-7-13)16(20)19-15-10-8-14(18)9-11-15/h8-13H,4-7H2,1-3H3,(H,19,20). The summed E-state index contributed by atoms with van der Waals surface area (Å²) in [5.41, 5.74) is 1.01. The SMILES string of the molecule is CC(C)(C)C1CCC(C(=O)Nc2ccc(F)cc2)CC1. The fourth-order valence-corrected chi connectivity index (χ4v) is 3.00. The number of carbonyl (C=O) groups excluding carboxylic acids is 1. The average Bonchev–Trinajstić information content (AvgIpc) is 2.40. The third kappa shape index (κ3) is 3.81. The lowest BCUT2D eigenvalue weighted by Crippen LogP contribution is -2.31. The highest BCUT2D eigenvalue weighted by molar-refractivity contribution is 5.92. The van der Waals surface area contributed by atoms with Crippen LogP contribution in [-0.2, 0) is 4.79 Å². The van der Waals surface area contributed by atoms with Gasteiger partial charge in [-0.2, -0.15) is 0 Å². The van der Waals surface area contributed by atoms with Crippen molar-refractivity contribution < 1.29 is 9.18 Å². The first-order valence-corrected chi connectivity index (χ1v) is 7.42. The Kier molecular flexibility index (Phi) is 4.46. The number of hydrogen-bond acceptors (Lipinski definition) is 1. The van der Waals surface area contributed by atoms with E-state index in [9.17, 15) is 9.18 Å². The maximum atomic E-state index is 12.8. The molecule has 1 fully saturated rings. The van der Waals surface area contributed by atoms with Crippen LogP contribution >= 0.6 is 0 Å². The maximum absolute atomic E-state index is 12.8. The minimum Gasteiger partial charge on any atom is -0.326 e. The van der Waals surface area contributed by atoms with Crippen molar-refractivity contribution in [1.29, 1.82) is 0 Å². The first-order chi connectivity index (χ1) is 9.36. The summed E-state index contributed by atoms with van der Waals surface area (Å²) in [4.78, 5) is 12.2. The van der Waals surface area contributed by atoms with Crippen LogP contribution in [0.2, 0.25) is 0 Å². The second-order valence-electron chi connectivity index (χ2n) is 6.91. The van der Waals surface area contributed by atoms with Gasteiger partial charge in [0.05, 0.1) is 0 Å². The van der Waals surface area contributed by atoms with Crippen molar-refractivity contribution in [2.75, 3.05) is 5.32 Å². The van der Waals surface area contributed by atoms with Crippen molar-refractivity contribution in [3.8, 4) is 0 Å². The summed E-state index contributed by atoms with van der Waals surface area (Å²) >= 11 is 0. The van der Waals surface area contributed by atoms with E-state index in [0.717, 1.165) is 25.7 Å². The Balaban J connectivity index is 1.87. The maximum Gasteiger partial charge on any atom is 0.227 e. The normalized spacial score (nSPS) is 23.4. The number of rotatable bonds is 2. The van der Waals surface area contributed by atoms with Gasteiger partial charge in [-0.15, -0.1) is 0 Å². The quantitative estimate of drug-likeness (QED) is 0.840. The molecule has 0 aliphatic heterocycles. The highest BCUT2D eigenvalue weighted by Gasteiger charge is 2.32. The number of nitrogens with one attached hydrogen (secondary N) is 1. The predicted octanol–water partition coefficient (Wildman–Crippen LogP) is 4.62. The molecule has 0 saturated heterocycles. The van der Waals surface area contributed by atoms with Crippen molar-refractivity contribution >= 4 is 11.6 Å². The Morgan fingerprint density at radius 3 is 2.15 bits per heavy atom. The fraction of sp³-hybridized carbons (Fsp3) is 0.588. The Morgan fingerprint density at radius 2 is 1.65 bits per heavy atom. The van der Waals surface area contributed by atoms with Gasteiger partial charge in [-0.1, -0.05) is 20.8 Å². The number of carbonyl (C=O) groups is 1. The van der Waals surface area contributed by atoms with Crippen LogP contribution < -0.4 is 5.32 Å². The highest BCUT2D eigenvalue weighted by atomic mass is 19.1. The molecule has 0 unspecified atom stereocenters. The molecule has 1 N–H and O–H groups in total. The minimum atomic E-state index is -0.284. The molecule has 110 valence electrons. The minimum absolute atomic E-state index is 0.0731. The van der Waals surface area contributed by atoms with E-state index < -0.39 is 0 Å². The lowest BCUT2D eigenvalue weighted by atomic mass is 9.69. The molecule has 1 aliphatic carbocycles. The van der Waals surface area contributed by atoms with Crippen LogP contribution in [0.5, 0.6) is 0 Å². The molecule has 0 radical (unpaired) electrons. The highest BCUT2D eigenvalue weighted by Crippen LogP contribution is 2.40. The lowest BCUT2D eigenvalue weighted by molar-refractivity contribution is -0.121. The van der Waals surface area contributed by atoms with E-state index in [4.69, 9.17) is 0 Å².